The van der Waals surface area contributed by atoms with Crippen molar-refractivity contribution in [3.05, 3.63) is 82.4 Å². The number of rotatable bonds is 7. The van der Waals surface area contributed by atoms with Gasteiger partial charge in [0, 0.05) is 19.2 Å². The molecule has 3 aromatic rings. The first-order valence-corrected chi connectivity index (χ1v) is 13.1. The van der Waals surface area contributed by atoms with E-state index < -0.39 is 43.0 Å². The summed E-state index contributed by atoms with van der Waals surface area (Å²) in [6, 6.07) is 18.2. The van der Waals surface area contributed by atoms with Gasteiger partial charge >= 0.3 is 0 Å². The SMILES string of the molecule is CC(=O)[C@H](Cc1ccc2ccccc2c1)N1CCN(S(=O)(=O)c2ccccc2[N+](=O)[O-])C2(CC2)C1=O. The van der Waals surface area contributed by atoms with Crippen LogP contribution < -0.4 is 0 Å². The van der Waals surface area contributed by atoms with Gasteiger partial charge in [0.2, 0.25) is 5.91 Å². The average Bonchev–Trinajstić information content (AvgIpc) is 3.65. The van der Waals surface area contributed by atoms with Gasteiger partial charge in [0.05, 0.1) is 11.0 Å². The fourth-order valence-electron chi connectivity index (χ4n) is 5.12. The van der Waals surface area contributed by atoms with Crippen LogP contribution in [0.3, 0.4) is 0 Å². The molecule has 3 aromatic carbocycles. The Hall–Kier alpha value is -3.63. The van der Waals surface area contributed by atoms with E-state index in [1.54, 1.807) is 0 Å². The number of nitrogens with zero attached hydrogens (tertiary/aromatic N) is 3. The molecule has 0 bridgehead atoms. The molecule has 10 heteroatoms. The molecular weight excluding hydrogens is 482 g/mol. The molecule has 1 atom stereocenters. The number of carbonyl (C=O) groups excluding carboxylic acids is 2. The topological polar surface area (TPSA) is 118 Å². The zero-order valence-corrected chi connectivity index (χ0v) is 20.5. The highest BCUT2D eigenvalue weighted by atomic mass is 32.2. The Morgan fingerprint density at radius 2 is 1.69 bits per heavy atom. The number of benzene rings is 3. The number of para-hydroxylation sites is 1. The number of sulfonamides is 1. The lowest BCUT2D eigenvalue weighted by Gasteiger charge is -2.43. The molecule has 186 valence electrons. The Labute approximate surface area is 208 Å². The number of ketones is 1. The van der Waals surface area contributed by atoms with Crippen molar-refractivity contribution >= 4 is 38.2 Å². The van der Waals surface area contributed by atoms with Crippen molar-refractivity contribution < 1.29 is 22.9 Å². The minimum Gasteiger partial charge on any atom is -0.329 e. The van der Waals surface area contributed by atoms with Gasteiger partial charge in [0.1, 0.15) is 5.54 Å². The van der Waals surface area contributed by atoms with Gasteiger partial charge in [-0.3, -0.25) is 19.7 Å². The number of hydrogen-bond acceptors (Lipinski definition) is 6. The standard InChI is InChI=1S/C26H25N3O6S/c1-18(30)23(17-19-10-11-20-6-2-3-7-21(20)16-19)27-14-15-28(26(12-13-26)25(27)31)36(34,35)24-9-5-4-8-22(24)29(32)33/h2-11,16,23H,12-15,17H2,1H3/t23-/m0/s1. The van der Waals surface area contributed by atoms with Gasteiger partial charge in [-0.1, -0.05) is 54.6 Å². The summed E-state index contributed by atoms with van der Waals surface area (Å²) in [5, 5.41) is 13.6. The molecule has 1 saturated heterocycles. The highest BCUT2D eigenvalue weighted by Crippen LogP contribution is 2.49. The molecule has 0 unspecified atom stereocenters. The lowest BCUT2D eigenvalue weighted by atomic mass is 9.97. The molecule has 0 N–H and O–H groups in total. The normalized spacial score (nSPS) is 18.4. The number of piperazine rings is 1. The second-order valence-electron chi connectivity index (χ2n) is 9.34. The van der Waals surface area contributed by atoms with Crippen molar-refractivity contribution in [2.24, 2.45) is 0 Å². The summed E-state index contributed by atoms with van der Waals surface area (Å²) in [6.45, 7) is 1.43. The first-order valence-electron chi connectivity index (χ1n) is 11.7. The van der Waals surface area contributed by atoms with Crippen molar-refractivity contribution in [3.63, 3.8) is 0 Å². The van der Waals surface area contributed by atoms with Gasteiger partial charge in [-0.05, 0) is 48.6 Å². The summed E-state index contributed by atoms with van der Waals surface area (Å²) in [6.07, 6.45) is 0.935. The van der Waals surface area contributed by atoms with E-state index in [1.165, 1.54) is 30.0 Å². The zero-order valence-electron chi connectivity index (χ0n) is 19.7. The summed E-state index contributed by atoms with van der Waals surface area (Å²) in [4.78, 5) is 38.2. The highest BCUT2D eigenvalue weighted by molar-refractivity contribution is 7.89. The van der Waals surface area contributed by atoms with Gasteiger partial charge < -0.3 is 4.90 Å². The van der Waals surface area contributed by atoms with Crippen molar-refractivity contribution in [2.75, 3.05) is 13.1 Å². The van der Waals surface area contributed by atoms with Crippen LogP contribution in [0.2, 0.25) is 0 Å². The summed E-state index contributed by atoms with van der Waals surface area (Å²) < 4.78 is 28.2. The number of carbonyl (C=O) groups is 2. The van der Waals surface area contributed by atoms with Gasteiger partial charge in [0.15, 0.2) is 10.7 Å². The van der Waals surface area contributed by atoms with Gasteiger partial charge in [-0.25, -0.2) is 8.42 Å². The lowest BCUT2D eigenvalue weighted by molar-refractivity contribution is -0.387. The van der Waals surface area contributed by atoms with E-state index >= 15 is 0 Å². The first kappa shape index (κ1) is 24.1. The van der Waals surface area contributed by atoms with Crippen LogP contribution in [0.25, 0.3) is 10.8 Å². The Kier molecular flexibility index (Phi) is 5.88. The smallest absolute Gasteiger partial charge is 0.289 e. The van der Waals surface area contributed by atoms with E-state index in [2.05, 4.69) is 0 Å². The zero-order chi connectivity index (χ0) is 25.7. The van der Waals surface area contributed by atoms with Crippen LogP contribution in [0.1, 0.15) is 25.3 Å². The Morgan fingerprint density at radius 3 is 2.36 bits per heavy atom. The number of fused-ring (bicyclic) bond motifs is 1. The molecule has 1 spiro atoms. The van der Waals surface area contributed by atoms with Crippen LogP contribution in [0, 0.1) is 10.1 Å². The number of amides is 1. The van der Waals surface area contributed by atoms with Crippen molar-refractivity contribution in [3.8, 4) is 0 Å². The van der Waals surface area contributed by atoms with Crippen LogP contribution in [-0.4, -0.2) is 58.9 Å². The molecular formula is C26H25N3O6S. The lowest BCUT2D eigenvalue weighted by Crippen LogP contribution is -2.63. The third kappa shape index (κ3) is 3.96. The van der Waals surface area contributed by atoms with Crippen LogP contribution >= 0.6 is 0 Å². The molecule has 9 nitrogen and oxygen atoms in total. The number of Topliss-reactive ketones (excluding diaryl/α,β-unsaturated/α-hetero) is 1. The molecule has 0 aromatic heterocycles. The van der Waals surface area contributed by atoms with Gasteiger partial charge in [0.25, 0.3) is 15.7 Å². The fourth-order valence-corrected chi connectivity index (χ4v) is 7.06. The summed E-state index contributed by atoms with van der Waals surface area (Å²) >= 11 is 0. The fraction of sp³-hybridized carbons (Fsp3) is 0.308. The monoisotopic (exact) mass is 507 g/mol. The minimum absolute atomic E-state index is 0.0261. The molecule has 1 saturated carbocycles. The summed E-state index contributed by atoms with van der Waals surface area (Å²) in [5.41, 5.74) is -0.930. The minimum atomic E-state index is -4.31. The molecule has 2 aliphatic rings. The van der Waals surface area contributed by atoms with Crippen LogP contribution in [0.15, 0.2) is 71.6 Å². The molecule has 1 aliphatic carbocycles. The molecule has 1 heterocycles. The van der Waals surface area contributed by atoms with Gasteiger partial charge in [-0.2, -0.15) is 4.31 Å². The van der Waals surface area contributed by atoms with Crippen molar-refractivity contribution in [1.82, 2.24) is 9.21 Å². The van der Waals surface area contributed by atoms with E-state index in [1.807, 2.05) is 42.5 Å². The van der Waals surface area contributed by atoms with Crippen molar-refractivity contribution in [1.29, 1.82) is 0 Å². The van der Waals surface area contributed by atoms with Crippen LogP contribution in [0.4, 0.5) is 5.69 Å². The Morgan fingerprint density at radius 1 is 1.03 bits per heavy atom. The second-order valence-corrected chi connectivity index (χ2v) is 11.2. The molecule has 36 heavy (non-hydrogen) atoms. The third-order valence-electron chi connectivity index (χ3n) is 7.12. The van der Waals surface area contributed by atoms with E-state index in [4.69, 9.17) is 0 Å². The average molecular weight is 508 g/mol. The first-order chi connectivity index (χ1) is 17.1. The molecule has 0 radical (unpaired) electrons. The predicted octanol–water partition coefficient (Wildman–Crippen LogP) is 3.31. The van der Waals surface area contributed by atoms with E-state index in [0.717, 1.165) is 26.7 Å². The van der Waals surface area contributed by atoms with E-state index in [-0.39, 0.29) is 18.9 Å². The molecule has 1 amide bonds. The highest BCUT2D eigenvalue weighted by Gasteiger charge is 2.63. The van der Waals surface area contributed by atoms with Crippen molar-refractivity contribution in [2.45, 2.75) is 42.7 Å². The van der Waals surface area contributed by atoms with E-state index in [0.29, 0.717) is 19.3 Å². The molecule has 1 aliphatic heterocycles. The second kappa shape index (κ2) is 8.79. The maximum atomic E-state index is 13.7. The van der Waals surface area contributed by atoms with E-state index in [9.17, 15) is 28.1 Å². The third-order valence-corrected chi connectivity index (χ3v) is 9.14. The maximum absolute atomic E-state index is 13.7. The molecule has 5 rings (SSSR count). The number of nitro benzene ring substituents is 1. The van der Waals surface area contributed by atoms with Crippen LogP contribution in [-0.2, 0) is 26.0 Å². The van der Waals surface area contributed by atoms with Crippen LogP contribution in [0.5, 0.6) is 0 Å². The summed E-state index contributed by atoms with van der Waals surface area (Å²) in [7, 11) is -4.31. The Balaban J connectivity index is 1.44. The molecule has 2 fully saturated rings. The summed E-state index contributed by atoms with van der Waals surface area (Å²) in [5.74, 6) is -0.598. The quantitative estimate of drug-likeness (QED) is 0.358. The maximum Gasteiger partial charge on any atom is 0.289 e. The van der Waals surface area contributed by atoms with Gasteiger partial charge in [-0.15, -0.1) is 0 Å². The Bertz CT molecular complexity index is 1500. The predicted molar refractivity (Wildman–Crippen MR) is 133 cm³/mol. The number of hydrogen-bond donors (Lipinski definition) is 0. The largest absolute Gasteiger partial charge is 0.329 e. The number of nitro groups is 1.